The summed E-state index contributed by atoms with van der Waals surface area (Å²) in [4.78, 5) is 14.5. The third-order valence-corrected chi connectivity index (χ3v) is 16.6. The minimum absolute atomic E-state index is 0. The van der Waals surface area contributed by atoms with Crippen molar-refractivity contribution in [1.82, 2.24) is 19.1 Å². The molecule has 0 radical (unpaired) electrons. The molecule has 0 unspecified atom stereocenters. The first-order valence-electron chi connectivity index (χ1n) is 29.6. The smallest absolute Gasteiger partial charge is 0.268 e. The second kappa shape index (κ2) is 24.1. The Bertz CT molecular complexity index is 4180. The van der Waals surface area contributed by atoms with E-state index < -0.39 is 0 Å². The van der Waals surface area contributed by atoms with Gasteiger partial charge in [0.15, 0.2) is 0 Å². The van der Waals surface area contributed by atoms with E-state index >= 15 is 0 Å². The molecule has 0 amide bonds. The van der Waals surface area contributed by atoms with Crippen molar-refractivity contribution in [2.24, 2.45) is 0 Å². The van der Waals surface area contributed by atoms with E-state index in [9.17, 15) is 0 Å². The van der Waals surface area contributed by atoms with Crippen LogP contribution in [0.5, 0.6) is 23.0 Å². The summed E-state index contributed by atoms with van der Waals surface area (Å²) in [5, 5.41) is 4.84. The van der Waals surface area contributed by atoms with Gasteiger partial charge in [0.1, 0.15) is 0 Å². The maximum atomic E-state index is 6.75. The molecule has 2 saturated heterocycles. The fourth-order valence-corrected chi connectivity index (χ4v) is 12.0. The van der Waals surface area contributed by atoms with Crippen LogP contribution in [0.2, 0.25) is 0 Å². The van der Waals surface area contributed by atoms with Crippen LogP contribution in [0.15, 0.2) is 170 Å². The molecular weight excluding hydrogens is 1420 g/mol. The quantitative estimate of drug-likeness (QED) is 0.0949. The van der Waals surface area contributed by atoms with E-state index in [1.165, 1.54) is 71.4 Å². The van der Waals surface area contributed by atoms with Crippen molar-refractivity contribution in [1.29, 1.82) is 0 Å². The van der Waals surface area contributed by atoms with E-state index in [0.717, 1.165) is 82.1 Å². The SMILES string of the molecule is CC(C)(C)c1cc(Oc2[c-]c(-c3[c-]c(Oc4[c-]c(-[n+]5[c-]n(-c6cc7ccccc7cc6N6CCCCC6)c6ccccc65)cc(C(C)(C)C)c4)ccn3)ncc2)[c-]c(-[n+]2[c-]n(-c3cc4ccccc4cc3N3CCCCC3)c3ccccc32)c1.[Pt].[Pt]. The van der Waals surface area contributed by atoms with Crippen molar-refractivity contribution in [3.63, 3.8) is 0 Å². The Morgan fingerprint density at radius 3 is 1.14 bits per heavy atom. The van der Waals surface area contributed by atoms with Crippen molar-refractivity contribution in [3.05, 3.63) is 218 Å². The van der Waals surface area contributed by atoms with Gasteiger partial charge in [0.05, 0.1) is 44.8 Å². The number of fused-ring (bicyclic) bond motifs is 4. The first kappa shape index (κ1) is 58.5. The third-order valence-electron chi connectivity index (χ3n) is 16.6. The standard InChI is InChI=1S/C74H66N8O2.2Pt/c1-73(2,3)55-41-57(79-49-81(67-27-15-13-25-65(67)79)71-39-53-23-11-9-21-51(53)37-69(71)77-33-17-7-18-34-77)45-61(43-55)83-59-29-31-75-63(47-59)64-48-60(30-32-76-64)84-62-44-56(74(4,5)6)42-58(46-62)80-50-82(68-28-16-14-26-66(68)80)72-40-54-24-12-10-22-52(54)38-70(72)78-35-19-8-20-36-78;;/h9-16,21-32,37-44H,7-8,17-20,33-36H2,1-6H3;;/q-4;;. The van der Waals surface area contributed by atoms with Crippen LogP contribution >= 0.6 is 0 Å². The summed E-state index contributed by atoms with van der Waals surface area (Å²) in [6.45, 7) is 17.4. The summed E-state index contributed by atoms with van der Waals surface area (Å²) in [6.07, 6.45) is 18.3. The molecule has 0 bridgehead atoms. The number of para-hydroxylation sites is 4. The van der Waals surface area contributed by atoms with Gasteiger partial charge in [0, 0.05) is 91.3 Å². The van der Waals surface area contributed by atoms with Crippen LogP contribution < -0.4 is 28.4 Å². The molecule has 10 nitrogen and oxygen atoms in total. The maximum Gasteiger partial charge on any atom is 0.268 e. The number of nitrogens with zero attached hydrogens (tertiary/aromatic N) is 8. The van der Waals surface area contributed by atoms with Gasteiger partial charge in [-0.05, 0) is 119 Å². The van der Waals surface area contributed by atoms with Gasteiger partial charge in [-0.3, -0.25) is 9.13 Å². The Morgan fingerprint density at radius 1 is 0.395 bits per heavy atom. The van der Waals surface area contributed by atoms with Crippen molar-refractivity contribution >= 4 is 55.0 Å². The average molecular weight is 1490 g/mol. The van der Waals surface area contributed by atoms with Crippen LogP contribution in [0.25, 0.3) is 77.7 Å². The fourth-order valence-electron chi connectivity index (χ4n) is 12.0. The van der Waals surface area contributed by atoms with Gasteiger partial charge in [-0.25, -0.2) is 0 Å². The molecular formula is C74H66N8O2Pt2-4. The molecule has 6 heterocycles. The molecule has 0 atom stereocenters. The fraction of sp³-hybridized carbons (Fsp3) is 0.243. The number of pyridine rings is 2. The van der Waals surface area contributed by atoms with Gasteiger partial charge in [0.2, 0.25) is 0 Å². The summed E-state index contributed by atoms with van der Waals surface area (Å²) in [5.41, 5.74) is 13.0. The zero-order chi connectivity index (χ0) is 57.1. The number of benzene rings is 8. The molecule has 12 aromatic rings. The first-order chi connectivity index (χ1) is 40.8. The van der Waals surface area contributed by atoms with E-state index in [1.807, 2.05) is 12.1 Å². The Kier molecular flexibility index (Phi) is 16.4. The summed E-state index contributed by atoms with van der Waals surface area (Å²) in [5.74, 6) is 2.01. The molecule has 2 aliphatic heterocycles. The molecule has 14 rings (SSSR count). The topological polar surface area (TPSA) is 68.3 Å². The molecule has 438 valence electrons. The van der Waals surface area contributed by atoms with Gasteiger partial charge in [0.25, 0.3) is 12.7 Å². The number of hydrogen-bond acceptors (Lipinski definition) is 6. The Morgan fingerprint density at radius 2 is 0.756 bits per heavy atom. The Labute approximate surface area is 533 Å². The number of imidazole rings is 2. The second-order valence-corrected chi connectivity index (χ2v) is 24.5. The number of piperidine rings is 2. The largest absolute Gasteiger partial charge is 0.511 e. The number of hydrogen-bond donors (Lipinski definition) is 0. The molecule has 12 heteroatoms. The molecule has 2 aliphatic rings. The van der Waals surface area contributed by atoms with Gasteiger partial charge < -0.3 is 38.4 Å². The number of rotatable bonds is 11. The van der Waals surface area contributed by atoms with Gasteiger partial charge in [-0.1, -0.05) is 139 Å². The third kappa shape index (κ3) is 11.6. The normalized spacial score (nSPS) is 13.9. The number of aromatic nitrogens is 6. The molecule has 86 heavy (non-hydrogen) atoms. The summed E-state index contributed by atoms with van der Waals surface area (Å²) >= 11 is 0. The van der Waals surface area contributed by atoms with Crippen molar-refractivity contribution in [3.8, 4) is 57.1 Å². The molecule has 2 fully saturated rings. The van der Waals surface area contributed by atoms with Gasteiger partial charge in [-0.2, -0.15) is 35.4 Å². The second-order valence-electron chi connectivity index (χ2n) is 24.5. The molecule has 0 saturated carbocycles. The summed E-state index contributed by atoms with van der Waals surface area (Å²) < 4.78 is 22.2. The Hall–Kier alpha value is -7.90. The number of ether oxygens (including phenoxy) is 2. The minimum atomic E-state index is -0.220. The van der Waals surface area contributed by atoms with Crippen molar-refractivity contribution < 1.29 is 60.7 Å². The molecule has 8 aromatic carbocycles. The zero-order valence-corrected chi connectivity index (χ0v) is 53.8. The molecule has 0 aliphatic carbocycles. The Balaban J connectivity index is 0.00000362. The van der Waals surface area contributed by atoms with Crippen LogP contribution in [0.1, 0.15) is 91.2 Å². The predicted molar refractivity (Wildman–Crippen MR) is 335 cm³/mol. The van der Waals surface area contributed by atoms with Gasteiger partial charge >= 0.3 is 0 Å². The van der Waals surface area contributed by atoms with Crippen LogP contribution in [-0.2, 0) is 53.0 Å². The number of anilines is 2. The zero-order valence-electron chi connectivity index (χ0n) is 49.3. The van der Waals surface area contributed by atoms with Crippen molar-refractivity contribution in [2.45, 2.75) is 90.9 Å². The van der Waals surface area contributed by atoms with Crippen LogP contribution in [0, 0.1) is 36.9 Å². The average Bonchev–Trinajstić information content (AvgIpc) is 2.41. The van der Waals surface area contributed by atoms with Crippen LogP contribution in [0.4, 0.5) is 11.4 Å². The van der Waals surface area contributed by atoms with Crippen molar-refractivity contribution in [2.75, 3.05) is 36.0 Å². The van der Waals surface area contributed by atoms with E-state index in [-0.39, 0.29) is 53.0 Å². The van der Waals surface area contributed by atoms with E-state index in [4.69, 9.17) is 19.4 Å². The van der Waals surface area contributed by atoms with E-state index in [2.05, 4.69) is 252 Å². The van der Waals surface area contributed by atoms with E-state index in [0.29, 0.717) is 34.4 Å². The van der Waals surface area contributed by atoms with Crippen LogP contribution in [0.3, 0.4) is 0 Å². The van der Waals surface area contributed by atoms with Crippen LogP contribution in [-0.4, -0.2) is 45.3 Å². The first-order valence-corrected chi connectivity index (χ1v) is 29.6. The summed E-state index contributed by atoms with van der Waals surface area (Å²) in [6, 6.07) is 69.9. The predicted octanol–water partition coefficient (Wildman–Crippen LogP) is 15.8. The summed E-state index contributed by atoms with van der Waals surface area (Å²) in [7, 11) is 0. The van der Waals surface area contributed by atoms with Gasteiger partial charge in [-0.15, -0.1) is 47.8 Å². The molecule has 0 N–H and O–H groups in total. The minimum Gasteiger partial charge on any atom is -0.511 e. The maximum absolute atomic E-state index is 6.75. The molecule has 4 aromatic heterocycles. The monoisotopic (exact) mass is 1490 g/mol. The molecule has 0 spiro atoms. The van der Waals surface area contributed by atoms with E-state index in [1.54, 1.807) is 12.4 Å².